The molecule has 5 heteroatoms. The molecule has 106 valence electrons. The van der Waals surface area contributed by atoms with Crippen molar-refractivity contribution >= 4 is 12.0 Å². The number of nitrogens with zero attached hydrogens (tertiary/aromatic N) is 1. The highest BCUT2D eigenvalue weighted by molar-refractivity contribution is 5.92. The van der Waals surface area contributed by atoms with Gasteiger partial charge < -0.3 is 19.1 Å². The van der Waals surface area contributed by atoms with Gasteiger partial charge in [-0.3, -0.25) is 4.79 Å². The molecular formula is C15H17NO4. The van der Waals surface area contributed by atoms with Crippen LogP contribution in [0.25, 0.3) is 6.08 Å². The second-order valence-electron chi connectivity index (χ2n) is 5.50. The van der Waals surface area contributed by atoms with Gasteiger partial charge in [0.1, 0.15) is 6.73 Å². The van der Waals surface area contributed by atoms with Crippen molar-refractivity contribution in [3.8, 4) is 11.5 Å². The minimum absolute atomic E-state index is 0.0508. The van der Waals surface area contributed by atoms with Crippen molar-refractivity contribution in [3.05, 3.63) is 29.8 Å². The maximum absolute atomic E-state index is 12.2. The minimum Gasteiger partial charge on any atom is -0.454 e. The first-order valence-corrected chi connectivity index (χ1v) is 6.53. The van der Waals surface area contributed by atoms with Gasteiger partial charge in [0.2, 0.25) is 12.7 Å². The Morgan fingerprint density at radius 3 is 2.85 bits per heavy atom. The minimum atomic E-state index is -0.254. The lowest BCUT2D eigenvalue weighted by Crippen LogP contribution is -2.43. The number of carbonyl (C=O) groups is 1. The van der Waals surface area contributed by atoms with Crippen LogP contribution in [-0.4, -0.2) is 36.5 Å². The number of carbonyl (C=O) groups excluding carboxylic acids is 1. The Kier molecular flexibility index (Phi) is 3.14. The van der Waals surface area contributed by atoms with Gasteiger partial charge in [-0.1, -0.05) is 6.07 Å². The molecule has 1 fully saturated rings. The average Bonchev–Trinajstić information content (AvgIpc) is 3.01. The van der Waals surface area contributed by atoms with E-state index >= 15 is 0 Å². The van der Waals surface area contributed by atoms with Gasteiger partial charge >= 0.3 is 0 Å². The molecule has 0 aromatic heterocycles. The molecule has 1 aromatic rings. The highest BCUT2D eigenvalue weighted by Crippen LogP contribution is 2.32. The molecule has 3 rings (SSSR count). The van der Waals surface area contributed by atoms with Gasteiger partial charge in [-0.05, 0) is 37.6 Å². The lowest BCUT2D eigenvalue weighted by Gasteiger charge is -2.27. The van der Waals surface area contributed by atoms with Crippen LogP contribution in [0.5, 0.6) is 11.5 Å². The first-order valence-electron chi connectivity index (χ1n) is 6.53. The van der Waals surface area contributed by atoms with Crippen molar-refractivity contribution in [2.24, 2.45) is 0 Å². The Hall–Kier alpha value is -2.01. The van der Waals surface area contributed by atoms with Crippen molar-refractivity contribution in [2.75, 3.05) is 20.1 Å². The van der Waals surface area contributed by atoms with E-state index in [4.69, 9.17) is 14.2 Å². The Morgan fingerprint density at radius 1 is 1.30 bits per heavy atom. The lowest BCUT2D eigenvalue weighted by atomic mass is 10.1. The molecule has 0 radical (unpaired) electrons. The van der Waals surface area contributed by atoms with Gasteiger partial charge in [0.15, 0.2) is 11.5 Å². The number of hydrogen-bond donors (Lipinski definition) is 0. The molecule has 1 aromatic carbocycles. The first-order chi connectivity index (χ1) is 9.56. The van der Waals surface area contributed by atoms with Gasteiger partial charge in [0.05, 0.1) is 12.1 Å². The summed E-state index contributed by atoms with van der Waals surface area (Å²) in [5.74, 6) is 1.40. The largest absolute Gasteiger partial charge is 0.454 e. The summed E-state index contributed by atoms with van der Waals surface area (Å²) in [6.07, 6.45) is 3.34. The highest BCUT2D eigenvalue weighted by atomic mass is 16.7. The molecule has 0 aliphatic carbocycles. The van der Waals surface area contributed by atoms with Crippen molar-refractivity contribution in [2.45, 2.75) is 19.4 Å². The van der Waals surface area contributed by atoms with Crippen LogP contribution in [0, 0.1) is 0 Å². The zero-order chi connectivity index (χ0) is 14.2. The molecule has 1 amide bonds. The van der Waals surface area contributed by atoms with Crippen LogP contribution in [0.1, 0.15) is 19.4 Å². The third-order valence-electron chi connectivity index (χ3n) is 3.49. The predicted molar refractivity (Wildman–Crippen MR) is 73.3 cm³/mol. The molecule has 0 spiro atoms. The fourth-order valence-corrected chi connectivity index (χ4v) is 2.28. The molecule has 1 saturated heterocycles. The van der Waals surface area contributed by atoms with E-state index in [1.807, 2.05) is 32.0 Å². The molecule has 20 heavy (non-hydrogen) atoms. The number of benzene rings is 1. The molecule has 0 saturated carbocycles. The third kappa shape index (κ3) is 2.36. The zero-order valence-corrected chi connectivity index (χ0v) is 11.6. The molecule has 0 atom stereocenters. The van der Waals surface area contributed by atoms with Gasteiger partial charge in [-0.2, -0.15) is 0 Å². The summed E-state index contributed by atoms with van der Waals surface area (Å²) < 4.78 is 15.9. The molecule has 2 heterocycles. The second-order valence-corrected chi connectivity index (χ2v) is 5.50. The Morgan fingerprint density at radius 2 is 2.10 bits per heavy atom. The van der Waals surface area contributed by atoms with Crippen molar-refractivity contribution in [3.63, 3.8) is 0 Å². The monoisotopic (exact) mass is 275 g/mol. The standard InChI is InChI=1S/C15H17NO4/c1-15(2)8-18-9-16(15)14(17)6-4-11-3-5-12-13(7-11)20-10-19-12/h3-7H,8-10H2,1-2H3/b6-4+. The van der Waals surface area contributed by atoms with Crippen LogP contribution < -0.4 is 9.47 Å². The normalized spacial score (nSPS) is 19.8. The molecule has 2 aliphatic rings. The van der Waals surface area contributed by atoms with Gasteiger partial charge in [-0.25, -0.2) is 0 Å². The number of ether oxygens (including phenoxy) is 3. The van der Waals surface area contributed by atoms with E-state index in [1.54, 1.807) is 17.1 Å². The SMILES string of the molecule is CC1(C)COCN1C(=O)/C=C/c1ccc2c(c1)OCO2. The smallest absolute Gasteiger partial charge is 0.248 e. The number of rotatable bonds is 2. The summed E-state index contributed by atoms with van der Waals surface area (Å²) in [6.45, 7) is 5.15. The maximum atomic E-state index is 12.2. The van der Waals surface area contributed by atoms with Crippen LogP contribution in [0.15, 0.2) is 24.3 Å². The first kappa shape index (κ1) is 13.0. The topological polar surface area (TPSA) is 48.0 Å². The van der Waals surface area contributed by atoms with Crippen LogP contribution in [0.3, 0.4) is 0 Å². The third-order valence-corrected chi connectivity index (χ3v) is 3.49. The number of amides is 1. The molecule has 0 N–H and O–H groups in total. The molecule has 2 aliphatic heterocycles. The van der Waals surface area contributed by atoms with Crippen molar-refractivity contribution < 1.29 is 19.0 Å². The maximum Gasteiger partial charge on any atom is 0.248 e. The molecule has 0 bridgehead atoms. The van der Waals surface area contributed by atoms with E-state index in [9.17, 15) is 4.79 Å². The van der Waals surface area contributed by atoms with Gasteiger partial charge in [0, 0.05) is 6.08 Å². The predicted octanol–water partition coefficient (Wildman–Crippen LogP) is 2.02. The Labute approximate surface area is 117 Å². The molecular weight excluding hydrogens is 258 g/mol. The molecule has 5 nitrogen and oxygen atoms in total. The summed E-state index contributed by atoms with van der Waals surface area (Å²) in [6, 6.07) is 5.59. The number of hydrogen-bond acceptors (Lipinski definition) is 4. The van der Waals surface area contributed by atoms with Crippen LogP contribution in [0.2, 0.25) is 0 Å². The molecule has 0 unspecified atom stereocenters. The summed E-state index contributed by atoms with van der Waals surface area (Å²) >= 11 is 0. The highest BCUT2D eigenvalue weighted by Gasteiger charge is 2.35. The van der Waals surface area contributed by atoms with E-state index < -0.39 is 0 Å². The van der Waals surface area contributed by atoms with E-state index in [0.717, 1.165) is 11.3 Å². The van der Waals surface area contributed by atoms with Crippen molar-refractivity contribution in [1.82, 2.24) is 4.90 Å². The summed E-state index contributed by atoms with van der Waals surface area (Å²) in [5.41, 5.74) is 0.650. The summed E-state index contributed by atoms with van der Waals surface area (Å²) in [5, 5.41) is 0. The fourth-order valence-electron chi connectivity index (χ4n) is 2.28. The zero-order valence-electron chi connectivity index (χ0n) is 11.6. The van der Waals surface area contributed by atoms with Gasteiger partial charge in [-0.15, -0.1) is 0 Å². The quantitative estimate of drug-likeness (QED) is 0.775. The van der Waals surface area contributed by atoms with E-state index in [0.29, 0.717) is 19.1 Å². The van der Waals surface area contributed by atoms with Gasteiger partial charge in [0.25, 0.3) is 0 Å². The van der Waals surface area contributed by atoms with E-state index in [2.05, 4.69) is 0 Å². The van der Waals surface area contributed by atoms with Crippen molar-refractivity contribution in [1.29, 1.82) is 0 Å². The van der Waals surface area contributed by atoms with E-state index in [1.165, 1.54) is 0 Å². The van der Waals surface area contributed by atoms with Crippen LogP contribution >= 0.6 is 0 Å². The second kappa shape index (κ2) is 4.83. The average molecular weight is 275 g/mol. The van der Waals surface area contributed by atoms with Crippen LogP contribution in [-0.2, 0) is 9.53 Å². The fraction of sp³-hybridized carbons (Fsp3) is 0.400. The van der Waals surface area contributed by atoms with E-state index in [-0.39, 0.29) is 18.2 Å². The lowest BCUT2D eigenvalue weighted by molar-refractivity contribution is -0.129. The Balaban J connectivity index is 1.72. The number of fused-ring (bicyclic) bond motifs is 1. The summed E-state index contributed by atoms with van der Waals surface area (Å²) in [7, 11) is 0. The van der Waals surface area contributed by atoms with Crippen LogP contribution in [0.4, 0.5) is 0 Å². The summed E-state index contributed by atoms with van der Waals surface area (Å²) in [4.78, 5) is 13.9. The Bertz CT molecular complexity index is 565.